The molecule has 0 spiro atoms. The van der Waals surface area contributed by atoms with Gasteiger partial charge in [0, 0.05) is 6.04 Å². The van der Waals surface area contributed by atoms with Gasteiger partial charge < -0.3 is 10.1 Å². The fourth-order valence-electron chi connectivity index (χ4n) is 2.71. The van der Waals surface area contributed by atoms with E-state index in [1.165, 1.54) is 12.5 Å². The van der Waals surface area contributed by atoms with Gasteiger partial charge in [-0.3, -0.25) is 4.79 Å². The van der Waals surface area contributed by atoms with Gasteiger partial charge in [0.15, 0.2) is 6.61 Å². The van der Waals surface area contributed by atoms with Crippen LogP contribution in [-0.2, 0) is 9.53 Å². The van der Waals surface area contributed by atoms with E-state index in [-0.39, 0.29) is 24.1 Å². The number of carbonyl (C=O) groups excluding carboxylic acids is 2. The molecule has 1 aliphatic carbocycles. The number of hydrogen-bond donors (Lipinski definition) is 1. The van der Waals surface area contributed by atoms with Gasteiger partial charge in [-0.1, -0.05) is 25.8 Å². The van der Waals surface area contributed by atoms with Crippen LogP contribution >= 0.6 is 0 Å². The van der Waals surface area contributed by atoms with Crippen molar-refractivity contribution in [3.8, 4) is 6.07 Å². The fraction of sp³-hybridized carbons (Fsp3) is 0.471. The van der Waals surface area contributed by atoms with Crippen LogP contribution in [0.15, 0.2) is 24.3 Å². The van der Waals surface area contributed by atoms with Crippen LogP contribution in [0.5, 0.6) is 0 Å². The number of ether oxygens (including phenoxy) is 1. The molecule has 0 aliphatic heterocycles. The Bertz CT molecular complexity index is 592. The van der Waals surface area contributed by atoms with Crippen molar-refractivity contribution in [2.75, 3.05) is 6.61 Å². The van der Waals surface area contributed by atoms with Gasteiger partial charge in [0.05, 0.1) is 17.2 Å². The molecule has 0 bridgehead atoms. The topological polar surface area (TPSA) is 79.2 Å². The molecule has 1 N–H and O–H groups in total. The first-order valence-corrected chi connectivity index (χ1v) is 7.57. The number of nitrogens with zero attached hydrogens (tertiary/aromatic N) is 1. The van der Waals surface area contributed by atoms with Crippen molar-refractivity contribution in [2.24, 2.45) is 5.92 Å². The Morgan fingerprint density at radius 1 is 1.36 bits per heavy atom. The molecule has 5 heteroatoms. The van der Waals surface area contributed by atoms with Crippen LogP contribution < -0.4 is 5.32 Å². The zero-order chi connectivity index (χ0) is 15.9. The van der Waals surface area contributed by atoms with Crippen molar-refractivity contribution in [3.63, 3.8) is 0 Å². The van der Waals surface area contributed by atoms with Crippen LogP contribution in [0.2, 0.25) is 0 Å². The average Bonchev–Trinajstić information content (AvgIpc) is 2.55. The number of nitrogens with one attached hydrogen (secondary N) is 1. The summed E-state index contributed by atoms with van der Waals surface area (Å²) in [6.45, 7) is 1.84. The summed E-state index contributed by atoms with van der Waals surface area (Å²) in [6, 6.07) is 8.35. The van der Waals surface area contributed by atoms with E-state index in [1.54, 1.807) is 18.2 Å². The van der Waals surface area contributed by atoms with E-state index >= 15 is 0 Å². The molecule has 0 heterocycles. The van der Waals surface area contributed by atoms with E-state index < -0.39 is 5.97 Å². The number of amides is 1. The quantitative estimate of drug-likeness (QED) is 0.866. The third-order valence-electron chi connectivity index (χ3n) is 4.02. The third kappa shape index (κ3) is 4.32. The molecule has 116 valence electrons. The number of carbonyl (C=O) groups is 2. The molecule has 0 unspecified atom stereocenters. The van der Waals surface area contributed by atoms with Gasteiger partial charge in [-0.15, -0.1) is 0 Å². The zero-order valence-electron chi connectivity index (χ0n) is 12.7. The Morgan fingerprint density at radius 2 is 2.14 bits per heavy atom. The maximum Gasteiger partial charge on any atom is 0.338 e. The molecule has 1 amide bonds. The van der Waals surface area contributed by atoms with Crippen LogP contribution in [0.3, 0.4) is 0 Å². The first kappa shape index (κ1) is 16.0. The molecule has 2 atom stereocenters. The minimum Gasteiger partial charge on any atom is -0.452 e. The highest BCUT2D eigenvalue weighted by atomic mass is 16.5. The Morgan fingerprint density at radius 3 is 2.86 bits per heavy atom. The summed E-state index contributed by atoms with van der Waals surface area (Å²) in [5.74, 6) is -0.409. The number of hydrogen-bond acceptors (Lipinski definition) is 4. The second kappa shape index (κ2) is 7.60. The molecular weight excluding hydrogens is 280 g/mol. The van der Waals surface area contributed by atoms with Crippen LogP contribution in [0, 0.1) is 17.2 Å². The second-order valence-electron chi connectivity index (χ2n) is 5.70. The van der Waals surface area contributed by atoms with E-state index in [9.17, 15) is 9.59 Å². The number of rotatable bonds is 4. The molecule has 2 rings (SSSR count). The summed E-state index contributed by atoms with van der Waals surface area (Å²) in [5.41, 5.74) is 0.660. The van der Waals surface area contributed by atoms with Gasteiger partial charge in [0.25, 0.3) is 5.91 Å². The summed E-state index contributed by atoms with van der Waals surface area (Å²) in [7, 11) is 0. The highest BCUT2D eigenvalue weighted by molar-refractivity contribution is 5.91. The van der Waals surface area contributed by atoms with Crippen molar-refractivity contribution < 1.29 is 14.3 Å². The normalized spacial score (nSPS) is 20.7. The van der Waals surface area contributed by atoms with E-state index in [0.717, 1.165) is 19.3 Å². The van der Waals surface area contributed by atoms with Crippen LogP contribution in [0.1, 0.15) is 48.5 Å². The highest BCUT2D eigenvalue weighted by Gasteiger charge is 2.23. The predicted octanol–water partition coefficient (Wildman–Crippen LogP) is 2.41. The zero-order valence-corrected chi connectivity index (χ0v) is 12.7. The van der Waals surface area contributed by atoms with E-state index in [0.29, 0.717) is 11.5 Å². The molecule has 1 saturated carbocycles. The first-order valence-electron chi connectivity index (χ1n) is 7.57. The van der Waals surface area contributed by atoms with Gasteiger partial charge in [-0.25, -0.2) is 4.79 Å². The lowest BCUT2D eigenvalue weighted by atomic mass is 9.86. The molecule has 1 aliphatic rings. The van der Waals surface area contributed by atoms with Gasteiger partial charge >= 0.3 is 5.97 Å². The minimum atomic E-state index is -0.594. The van der Waals surface area contributed by atoms with E-state index in [2.05, 4.69) is 12.2 Å². The number of benzene rings is 1. The first-order chi connectivity index (χ1) is 10.6. The van der Waals surface area contributed by atoms with E-state index in [4.69, 9.17) is 10.00 Å². The smallest absolute Gasteiger partial charge is 0.338 e. The molecule has 5 nitrogen and oxygen atoms in total. The molecule has 0 aromatic heterocycles. The second-order valence-corrected chi connectivity index (χ2v) is 5.70. The van der Waals surface area contributed by atoms with Gasteiger partial charge in [-0.05, 0) is 37.0 Å². The van der Waals surface area contributed by atoms with Gasteiger partial charge in [-0.2, -0.15) is 5.26 Å². The monoisotopic (exact) mass is 300 g/mol. The molecule has 1 aromatic rings. The molecule has 1 aromatic carbocycles. The minimum absolute atomic E-state index is 0.168. The summed E-state index contributed by atoms with van der Waals surface area (Å²) in [5, 5.41) is 11.7. The Balaban J connectivity index is 1.82. The largest absolute Gasteiger partial charge is 0.452 e. The van der Waals surface area contributed by atoms with Gasteiger partial charge in [0.1, 0.15) is 0 Å². The third-order valence-corrected chi connectivity index (χ3v) is 4.02. The van der Waals surface area contributed by atoms with Crippen molar-refractivity contribution >= 4 is 11.9 Å². The highest BCUT2D eigenvalue weighted by Crippen LogP contribution is 2.23. The van der Waals surface area contributed by atoms with Crippen LogP contribution in [0.25, 0.3) is 0 Å². The molecule has 22 heavy (non-hydrogen) atoms. The predicted molar refractivity (Wildman–Crippen MR) is 81.0 cm³/mol. The lowest BCUT2D eigenvalue weighted by molar-refractivity contribution is -0.125. The van der Waals surface area contributed by atoms with Crippen molar-refractivity contribution in [1.82, 2.24) is 5.32 Å². The maximum absolute atomic E-state index is 11.9. The number of esters is 1. The Kier molecular flexibility index (Phi) is 5.54. The summed E-state index contributed by atoms with van der Waals surface area (Å²) >= 11 is 0. The summed E-state index contributed by atoms with van der Waals surface area (Å²) in [6.07, 6.45) is 4.42. The van der Waals surface area contributed by atoms with E-state index in [1.807, 2.05) is 6.07 Å². The van der Waals surface area contributed by atoms with Crippen LogP contribution in [0.4, 0.5) is 0 Å². The molecule has 0 radical (unpaired) electrons. The van der Waals surface area contributed by atoms with Gasteiger partial charge in [0.2, 0.25) is 0 Å². The Labute approximate surface area is 130 Å². The SMILES string of the molecule is C[C@@H]1CCCC[C@H]1NC(=O)COC(=O)c1cccc(C#N)c1. The number of nitriles is 1. The summed E-state index contributed by atoms with van der Waals surface area (Å²) in [4.78, 5) is 23.7. The van der Waals surface area contributed by atoms with Crippen molar-refractivity contribution in [3.05, 3.63) is 35.4 Å². The standard InChI is InChI=1S/C17H20N2O3/c1-12-5-2-3-8-15(12)19-16(20)11-22-17(21)14-7-4-6-13(9-14)10-18/h4,6-7,9,12,15H,2-3,5,8,11H2,1H3,(H,19,20)/t12-,15-/m1/s1. The maximum atomic E-state index is 11.9. The summed E-state index contributed by atoms with van der Waals surface area (Å²) < 4.78 is 5.01. The fourth-order valence-corrected chi connectivity index (χ4v) is 2.71. The lowest BCUT2D eigenvalue weighted by Crippen LogP contribution is -2.42. The average molecular weight is 300 g/mol. The van der Waals surface area contributed by atoms with Crippen LogP contribution in [-0.4, -0.2) is 24.5 Å². The van der Waals surface area contributed by atoms with Crippen molar-refractivity contribution in [2.45, 2.75) is 38.6 Å². The molecule has 0 saturated heterocycles. The lowest BCUT2D eigenvalue weighted by Gasteiger charge is -2.29. The molecule has 1 fully saturated rings. The molecular formula is C17H20N2O3. The van der Waals surface area contributed by atoms with Crippen molar-refractivity contribution in [1.29, 1.82) is 5.26 Å². The Hall–Kier alpha value is -2.35.